The van der Waals surface area contributed by atoms with Gasteiger partial charge in [0.25, 0.3) is 0 Å². The fourth-order valence-corrected chi connectivity index (χ4v) is 1.92. The standard InChI is InChI=1S/C10H17NO2S/c1-8(11-5-10(13)6-12)4-9-2-3-14-7-9/h2-3,7-8,10-13H,4-6H2,1H3. The maximum Gasteiger partial charge on any atom is 0.0895 e. The van der Waals surface area contributed by atoms with Gasteiger partial charge in [-0.05, 0) is 35.7 Å². The third kappa shape index (κ3) is 4.19. The Morgan fingerprint density at radius 3 is 2.93 bits per heavy atom. The van der Waals surface area contributed by atoms with Crippen LogP contribution in [0, 0.1) is 0 Å². The summed E-state index contributed by atoms with van der Waals surface area (Å²) in [5.74, 6) is 0. The van der Waals surface area contributed by atoms with Crippen LogP contribution in [0.4, 0.5) is 0 Å². The summed E-state index contributed by atoms with van der Waals surface area (Å²) in [6.07, 6.45) is 0.307. The highest BCUT2D eigenvalue weighted by Crippen LogP contribution is 2.08. The van der Waals surface area contributed by atoms with E-state index in [1.54, 1.807) is 11.3 Å². The predicted octanol–water partition coefficient (Wildman–Crippen LogP) is 0.622. The average Bonchev–Trinajstić information content (AvgIpc) is 2.66. The van der Waals surface area contributed by atoms with Gasteiger partial charge >= 0.3 is 0 Å². The van der Waals surface area contributed by atoms with E-state index >= 15 is 0 Å². The summed E-state index contributed by atoms with van der Waals surface area (Å²) in [7, 11) is 0. The quantitative estimate of drug-likeness (QED) is 0.652. The van der Waals surface area contributed by atoms with Crippen molar-refractivity contribution >= 4 is 11.3 Å². The first-order valence-electron chi connectivity index (χ1n) is 4.75. The number of thiophene rings is 1. The molecular weight excluding hydrogens is 198 g/mol. The van der Waals surface area contributed by atoms with Crippen molar-refractivity contribution in [2.24, 2.45) is 0 Å². The number of hydrogen-bond acceptors (Lipinski definition) is 4. The molecule has 3 N–H and O–H groups in total. The first-order chi connectivity index (χ1) is 6.72. The Morgan fingerprint density at radius 1 is 1.57 bits per heavy atom. The van der Waals surface area contributed by atoms with E-state index in [-0.39, 0.29) is 6.61 Å². The molecule has 0 saturated carbocycles. The zero-order chi connectivity index (χ0) is 10.4. The van der Waals surface area contributed by atoms with Crippen molar-refractivity contribution < 1.29 is 10.2 Å². The molecule has 3 nitrogen and oxygen atoms in total. The van der Waals surface area contributed by atoms with E-state index in [0.717, 1.165) is 6.42 Å². The highest BCUT2D eigenvalue weighted by atomic mass is 32.1. The SMILES string of the molecule is CC(Cc1ccsc1)NCC(O)CO. The first kappa shape index (κ1) is 11.7. The number of hydrogen-bond donors (Lipinski definition) is 3. The lowest BCUT2D eigenvalue weighted by Gasteiger charge is -2.15. The molecule has 4 heteroatoms. The molecular formula is C10H17NO2S. The summed E-state index contributed by atoms with van der Waals surface area (Å²) in [6.45, 7) is 2.34. The molecule has 1 aromatic heterocycles. The maximum absolute atomic E-state index is 9.12. The summed E-state index contributed by atoms with van der Waals surface area (Å²) in [5, 5.41) is 25.1. The molecule has 1 rings (SSSR count). The largest absolute Gasteiger partial charge is 0.394 e. The van der Waals surface area contributed by atoms with E-state index in [1.165, 1.54) is 5.56 Å². The second-order valence-electron chi connectivity index (χ2n) is 3.48. The molecule has 80 valence electrons. The molecule has 0 fully saturated rings. The summed E-state index contributed by atoms with van der Waals surface area (Å²) in [4.78, 5) is 0. The van der Waals surface area contributed by atoms with Gasteiger partial charge in [0.2, 0.25) is 0 Å². The van der Waals surface area contributed by atoms with Crippen molar-refractivity contribution in [3.05, 3.63) is 22.4 Å². The van der Waals surface area contributed by atoms with Gasteiger partial charge < -0.3 is 15.5 Å². The minimum absolute atomic E-state index is 0.182. The van der Waals surface area contributed by atoms with Gasteiger partial charge in [0.15, 0.2) is 0 Å². The topological polar surface area (TPSA) is 52.5 Å². The van der Waals surface area contributed by atoms with Crippen LogP contribution < -0.4 is 5.32 Å². The smallest absolute Gasteiger partial charge is 0.0895 e. The zero-order valence-electron chi connectivity index (χ0n) is 8.31. The van der Waals surface area contributed by atoms with Crippen molar-refractivity contribution in [2.45, 2.75) is 25.5 Å². The van der Waals surface area contributed by atoms with Crippen LogP contribution >= 0.6 is 11.3 Å². The summed E-state index contributed by atoms with van der Waals surface area (Å²) in [5.41, 5.74) is 1.31. The van der Waals surface area contributed by atoms with Crippen molar-refractivity contribution in [1.82, 2.24) is 5.32 Å². The third-order valence-electron chi connectivity index (χ3n) is 2.03. The van der Waals surface area contributed by atoms with Gasteiger partial charge in [0.05, 0.1) is 12.7 Å². The lowest BCUT2D eigenvalue weighted by Crippen LogP contribution is -2.36. The minimum Gasteiger partial charge on any atom is -0.394 e. The van der Waals surface area contributed by atoms with Gasteiger partial charge in [-0.25, -0.2) is 0 Å². The molecule has 0 amide bonds. The normalized spacial score (nSPS) is 15.4. The Labute approximate surface area is 88.4 Å². The van der Waals surface area contributed by atoms with Crippen LogP contribution in [0.1, 0.15) is 12.5 Å². The van der Waals surface area contributed by atoms with Crippen LogP contribution in [-0.4, -0.2) is 35.5 Å². The molecule has 0 aliphatic heterocycles. The zero-order valence-corrected chi connectivity index (χ0v) is 9.13. The molecule has 0 aliphatic carbocycles. The van der Waals surface area contributed by atoms with Crippen LogP contribution in [0.2, 0.25) is 0 Å². The van der Waals surface area contributed by atoms with Crippen LogP contribution in [0.3, 0.4) is 0 Å². The first-order valence-corrected chi connectivity index (χ1v) is 5.70. The van der Waals surface area contributed by atoms with Crippen molar-refractivity contribution in [2.75, 3.05) is 13.2 Å². The molecule has 0 spiro atoms. The predicted molar refractivity (Wildman–Crippen MR) is 58.6 cm³/mol. The number of rotatable bonds is 6. The molecule has 0 aliphatic rings. The molecule has 2 atom stereocenters. The Kier molecular flexibility index (Phi) is 5.11. The van der Waals surface area contributed by atoms with Gasteiger partial charge in [-0.1, -0.05) is 0 Å². The fraction of sp³-hybridized carbons (Fsp3) is 0.600. The van der Waals surface area contributed by atoms with Crippen molar-refractivity contribution in [1.29, 1.82) is 0 Å². The van der Waals surface area contributed by atoms with Crippen LogP contribution in [0.15, 0.2) is 16.8 Å². The number of nitrogens with one attached hydrogen (secondary N) is 1. The van der Waals surface area contributed by atoms with E-state index in [4.69, 9.17) is 10.2 Å². The molecule has 14 heavy (non-hydrogen) atoms. The fourth-order valence-electron chi connectivity index (χ4n) is 1.24. The van der Waals surface area contributed by atoms with E-state index in [0.29, 0.717) is 12.6 Å². The third-order valence-corrected chi connectivity index (χ3v) is 2.77. The molecule has 0 aromatic carbocycles. The minimum atomic E-state index is -0.653. The molecule has 0 saturated heterocycles. The summed E-state index contributed by atoms with van der Waals surface area (Å²) >= 11 is 1.69. The van der Waals surface area contributed by atoms with Crippen LogP contribution in [0.25, 0.3) is 0 Å². The average molecular weight is 215 g/mol. The van der Waals surface area contributed by atoms with Gasteiger partial charge in [-0.15, -0.1) is 0 Å². The molecule has 0 bridgehead atoms. The highest BCUT2D eigenvalue weighted by Gasteiger charge is 2.06. The van der Waals surface area contributed by atoms with Gasteiger partial charge in [0, 0.05) is 12.6 Å². The Morgan fingerprint density at radius 2 is 2.36 bits per heavy atom. The molecule has 1 aromatic rings. The Bertz CT molecular complexity index is 238. The van der Waals surface area contributed by atoms with Crippen molar-refractivity contribution in [3.8, 4) is 0 Å². The monoisotopic (exact) mass is 215 g/mol. The van der Waals surface area contributed by atoms with Crippen LogP contribution in [-0.2, 0) is 6.42 Å². The molecule has 0 radical (unpaired) electrons. The van der Waals surface area contributed by atoms with Crippen molar-refractivity contribution in [3.63, 3.8) is 0 Å². The summed E-state index contributed by atoms with van der Waals surface area (Å²) in [6, 6.07) is 2.43. The Hall–Kier alpha value is -0.420. The van der Waals surface area contributed by atoms with E-state index in [9.17, 15) is 0 Å². The molecule has 1 heterocycles. The Balaban J connectivity index is 2.19. The lowest BCUT2D eigenvalue weighted by molar-refractivity contribution is 0.0924. The van der Waals surface area contributed by atoms with Gasteiger partial charge in [0.1, 0.15) is 0 Å². The lowest BCUT2D eigenvalue weighted by atomic mass is 10.1. The van der Waals surface area contributed by atoms with E-state index in [2.05, 4.69) is 29.1 Å². The van der Waals surface area contributed by atoms with E-state index < -0.39 is 6.10 Å². The second kappa shape index (κ2) is 6.14. The van der Waals surface area contributed by atoms with Gasteiger partial charge in [-0.2, -0.15) is 11.3 Å². The second-order valence-corrected chi connectivity index (χ2v) is 4.26. The van der Waals surface area contributed by atoms with Crippen LogP contribution in [0.5, 0.6) is 0 Å². The van der Waals surface area contributed by atoms with Gasteiger partial charge in [-0.3, -0.25) is 0 Å². The molecule has 2 unspecified atom stereocenters. The number of aliphatic hydroxyl groups excluding tert-OH is 2. The number of aliphatic hydroxyl groups is 2. The highest BCUT2D eigenvalue weighted by molar-refractivity contribution is 7.07. The van der Waals surface area contributed by atoms with E-state index in [1.807, 2.05) is 0 Å². The maximum atomic E-state index is 9.12. The summed E-state index contributed by atoms with van der Waals surface area (Å²) < 4.78 is 0.